The van der Waals surface area contributed by atoms with Crippen LogP contribution in [0, 0.1) is 11.8 Å². The van der Waals surface area contributed by atoms with Gasteiger partial charge in [0.1, 0.15) is 5.75 Å². The molecule has 0 bridgehead atoms. The van der Waals surface area contributed by atoms with Crippen LogP contribution in [0.25, 0.3) is 0 Å². The molecule has 0 radical (unpaired) electrons. The van der Waals surface area contributed by atoms with Crippen molar-refractivity contribution in [3.05, 3.63) is 65.7 Å². The summed E-state index contributed by atoms with van der Waals surface area (Å²) in [7, 11) is 5.86. The van der Waals surface area contributed by atoms with E-state index in [4.69, 9.17) is 4.74 Å². The first-order chi connectivity index (χ1) is 12.5. The highest BCUT2D eigenvalue weighted by atomic mass is 16.5. The van der Waals surface area contributed by atoms with Gasteiger partial charge in [-0.2, -0.15) is 0 Å². The van der Waals surface area contributed by atoms with Crippen molar-refractivity contribution in [1.29, 1.82) is 0 Å². The van der Waals surface area contributed by atoms with E-state index in [0.29, 0.717) is 0 Å². The Morgan fingerprint density at radius 3 is 2.46 bits per heavy atom. The van der Waals surface area contributed by atoms with Gasteiger partial charge in [0.15, 0.2) is 0 Å². The van der Waals surface area contributed by atoms with Crippen LogP contribution in [0.1, 0.15) is 30.4 Å². The third kappa shape index (κ3) is 3.94. The molecule has 3 unspecified atom stereocenters. The zero-order valence-corrected chi connectivity index (χ0v) is 16.2. The minimum atomic E-state index is -0.840. The van der Waals surface area contributed by atoms with E-state index in [-0.39, 0.29) is 11.8 Å². The van der Waals surface area contributed by atoms with Crippen molar-refractivity contribution in [2.24, 2.45) is 11.8 Å². The normalized spacial score (nSPS) is 26.0. The summed E-state index contributed by atoms with van der Waals surface area (Å²) in [5, 5.41) is 12.1. The van der Waals surface area contributed by atoms with Gasteiger partial charge < -0.3 is 14.7 Å². The average Bonchev–Trinajstić information content (AvgIpc) is 2.65. The van der Waals surface area contributed by atoms with Crippen LogP contribution in [0.4, 0.5) is 0 Å². The highest BCUT2D eigenvalue weighted by molar-refractivity contribution is 5.34. The maximum Gasteiger partial charge on any atom is 0.119 e. The summed E-state index contributed by atoms with van der Waals surface area (Å²) in [5.41, 5.74) is 1.45. The van der Waals surface area contributed by atoms with Crippen molar-refractivity contribution in [3.8, 4) is 5.75 Å². The molecule has 2 aromatic carbocycles. The van der Waals surface area contributed by atoms with E-state index >= 15 is 0 Å². The molecule has 26 heavy (non-hydrogen) atoms. The molecule has 0 heterocycles. The summed E-state index contributed by atoms with van der Waals surface area (Å²) < 4.78 is 5.44. The molecule has 0 aromatic heterocycles. The predicted molar refractivity (Wildman–Crippen MR) is 106 cm³/mol. The lowest BCUT2D eigenvalue weighted by atomic mass is 9.63. The van der Waals surface area contributed by atoms with Gasteiger partial charge in [0, 0.05) is 12.5 Å². The van der Waals surface area contributed by atoms with E-state index in [2.05, 4.69) is 49.3 Å². The summed E-state index contributed by atoms with van der Waals surface area (Å²) in [6.07, 6.45) is 4.17. The Labute approximate surface area is 157 Å². The largest absolute Gasteiger partial charge is 0.497 e. The first-order valence-corrected chi connectivity index (χ1v) is 9.59. The molecule has 3 atom stereocenters. The lowest BCUT2D eigenvalue weighted by Crippen LogP contribution is -2.49. The Morgan fingerprint density at radius 1 is 1.04 bits per heavy atom. The third-order valence-corrected chi connectivity index (χ3v) is 5.79. The van der Waals surface area contributed by atoms with Crippen LogP contribution in [-0.2, 0) is 12.0 Å². The predicted octanol–water partition coefficient (Wildman–Crippen LogP) is 4.10. The quantitative estimate of drug-likeness (QED) is 0.848. The number of ether oxygens (including phenoxy) is 1. The Kier molecular flexibility index (Phi) is 6.00. The molecule has 1 aliphatic carbocycles. The van der Waals surface area contributed by atoms with Gasteiger partial charge in [-0.25, -0.2) is 0 Å². The molecule has 3 rings (SSSR count). The second-order valence-electron chi connectivity index (χ2n) is 7.83. The molecule has 0 amide bonds. The zero-order chi connectivity index (χ0) is 18.6. The molecule has 3 heteroatoms. The van der Waals surface area contributed by atoms with Gasteiger partial charge in [-0.05, 0) is 62.5 Å². The summed E-state index contributed by atoms with van der Waals surface area (Å²) in [6, 6.07) is 18.6. The second kappa shape index (κ2) is 8.24. The lowest BCUT2D eigenvalue weighted by molar-refractivity contribution is -0.107. The lowest BCUT2D eigenvalue weighted by Gasteiger charge is -2.47. The first-order valence-electron chi connectivity index (χ1n) is 9.59. The molecule has 1 N–H and O–H groups in total. The van der Waals surface area contributed by atoms with Crippen LogP contribution >= 0.6 is 0 Å². The van der Waals surface area contributed by atoms with Gasteiger partial charge >= 0.3 is 0 Å². The van der Waals surface area contributed by atoms with E-state index in [9.17, 15) is 5.11 Å². The smallest absolute Gasteiger partial charge is 0.119 e. The van der Waals surface area contributed by atoms with Crippen molar-refractivity contribution in [2.45, 2.75) is 31.3 Å². The van der Waals surface area contributed by atoms with Gasteiger partial charge in [-0.1, -0.05) is 48.9 Å². The van der Waals surface area contributed by atoms with Crippen molar-refractivity contribution in [3.63, 3.8) is 0 Å². The second-order valence-corrected chi connectivity index (χ2v) is 7.83. The van der Waals surface area contributed by atoms with Crippen LogP contribution in [0.5, 0.6) is 5.75 Å². The number of hydrogen-bond acceptors (Lipinski definition) is 3. The van der Waals surface area contributed by atoms with Crippen molar-refractivity contribution >= 4 is 0 Å². The molecule has 0 spiro atoms. The topological polar surface area (TPSA) is 32.7 Å². The van der Waals surface area contributed by atoms with Gasteiger partial charge in [0.25, 0.3) is 0 Å². The minimum absolute atomic E-state index is 0.204. The van der Waals surface area contributed by atoms with Crippen LogP contribution < -0.4 is 4.74 Å². The van der Waals surface area contributed by atoms with Gasteiger partial charge in [0.2, 0.25) is 0 Å². The van der Waals surface area contributed by atoms with Crippen molar-refractivity contribution in [2.75, 3.05) is 27.7 Å². The molecule has 1 fully saturated rings. The monoisotopic (exact) mass is 353 g/mol. The van der Waals surface area contributed by atoms with E-state index in [1.165, 1.54) is 12.0 Å². The van der Waals surface area contributed by atoms with Gasteiger partial charge in [0.05, 0.1) is 12.7 Å². The zero-order valence-electron chi connectivity index (χ0n) is 16.2. The molecule has 3 nitrogen and oxygen atoms in total. The van der Waals surface area contributed by atoms with E-state index in [1.54, 1.807) is 7.11 Å². The fourth-order valence-electron chi connectivity index (χ4n) is 4.56. The maximum absolute atomic E-state index is 12.1. The number of benzene rings is 2. The number of methoxy groups -OCH3 is 1. The van der Waals surface area contributed by atoms with E-state index in [1.807, 2.05) is 24.3 Å². The Morgan fingerprint density at radius 2 is 1.77 bits per heavy atom. The highest BCUT2D eigenvalue weighted by Gasteiger charge is 2.47. The summed E-state index contributed by atoms with van der Waals surface area (Å²) in [5.74, 6) is 1.23. The summed E-state index contributed by atoms with van der Waals surface area (Å²) in [6.45, 7) is 0.888. The van der Waals surface area contributed by atoms with Crippen molar-refractivity contribution < 1.29 is 9.84 Å². The molecule has 1 saturated carbocycles. The van der Waals surface area contributed by atoms with Gasteiger partial charge in [-0.15, -0.1) is 0 Å². The summed E-state index contributed by atoms with van der Waals surface area (Å²) in [4.78, 5) is 2.20. The van der Waals surface area contributed by atoms with E-state index < -0.39 is 5.60 Å². The molecule has 1 aliphatic rings. The maximum atomic E-state index is 12.1. The first kappa shape index (κ1) is 18.9. The third-order valence-electron chi connectivity index (χ3n) is 5.79. The standard InChI is InChI=1S/C23H31NO2/c1-24(2)17-21-13-7-11-19(15-18-9-5-4-6-10-18)23(21,25)20-12-8-14-22(16-20)26-3/h4-6,8-10,12,14,16,19,21,25H,7,11,13,15,17H2,1-3H3. The number of hydrogen-bond donors (Lipinski definition) is 1. The summed E-state index contributed by atoms with van der Waals surface area (Å²) >= 11 is 0. The minimum Gasteiger partial charge on any atom is -0.497 e. The van der Waals surface area contributed by atoms with Gasteiger partial charge in [-0.3, -0.25) is 0 Å². The van der Waals surface area contributed by atoms with Crippen LogP contribution in [0.2, 0.25) is 0 Å². The fourth-order valence-corrected chi connectivity index (χ4v) is 4.56. The van der Waals surface area contributed by atoms with Crippen LogP contribution in [0.15, 0.2) is 54.6 Å². The SMILES string of the molecule is COc1cccc(C2(O)C(Cc3ccccc3)CCCC2CN(C)C)c1. The average molecular weight is 354 g/mol. The highest BCUT2D eigenvalue weighted by Crippen LogP contribution is 2.47. The Hall–Kier alpha value is -1.84. The Bertz CT molecular complexity index is 700. The number of nitrogens with zero attached hydrogens (tertiary/aromatic N) is 1. The molecule has 2 aromatic rings. The number of aliphatic hydroxyl groups is 1. The van der Waals surface area contributed by atoms with Crippen LogP contribution in [-0.4, -0.2) is 37.8 Å². The molecule has 0 aliphatic heterocycles. The Balaban J connectivity index is 2.00. The molecular weight excluding hydrogens is 322 g/mol. The van der Waals surface area contributed by atoms with Crippen molar-refractivity contribution in [1.82, 2.24) is 4.90 Å². The fraction of sp³-hybridized carbons (Fsp3) is 0.478. The number of rotatable bonds is 6. The molecule has 140 valence electrons. The molecular formula is C23H31NO2. The van der Waals surface area contributed by atoms with E-state index in [0.717, 1.165) is 37.1 Å². The molecule has 0 saturated heterocycles. The van der Waals surface area contributed by atoms with Crippen LogP contribution in [0.3, 0.4) is 0 Å².